The van der Waals surface area contributed by atoms with E-state index in [9.17, 15) is 4.79 Å². The first-order valence-corrected chi connectivity index (χ1v) is 6.61. The van der Waals surface area contributed by atoms with Gasteiger partial charge in [-0.05, 0) is 45.1 Å². The highest BCUT2D eigenvalue weighted by molar-refractivity contribution is 5.86. The van der Waals surface area contributed by atoms with Crippen LogP contribution in [0.3, 0.4) is 0 Å². The zero-order chi connectivity index (χ0) is 11.8. The molecule has 16 heavy (non-hydrogen) atoms. The topological polar surface area (TPSA) is 32.3 Å². The molecular weight excluding hydrogens is 200 g/mol. The summed E-state index contributed by atoms with van der Waals surface area (Å²) in [5, 5.41) is 3.38. The monoisotopic (exact) mass is 224 g/mol. The Bertz CT molecular complexity index is 269. The molecule has 1 amide bonds. The molecule has 2 unspecified atom stereocenters. The first-order valence-electron chi connectivity index (χ1n) is 6.61. The molecule has 0 aliphatic carbocycles. The van der Waals surface area contributed by atoms with Crippen LogP contribution in [0, 0.1) is 5.92 Å². The quantitative estimate of drug-likeness (QED) is 0.775. The maximum atomic E-state index is 12.5. The highest BCUT2D eigenvalue weighted by atomic mass is 16.2. The average molecular weight is 224 g/mol. The predicted molar refractivity (Wildman–Crippen MR) is 65.2 cm³/mol. The van der Waals surface area contributed by atoms with E-state index >= 15 is 0 Å². The Labute approximate surface area is 98.6 Å². The Balaban J connectivity index is 2.09. The van der Waals surface area contributed by atoms with E-state index in [-0.39, 0.29) is 5.54 Å². The van der Waals surface area contributed by atoms with E-state index in [1.54, 1.807) is 0 Å². The van der Waals surface area contributed by atoms with Crippen LogP contribution in [0.2, 0.25) is 0 Å². The molecule has 2 atom stereocenters. The number of rotatable bonds is 2. The van der Waals surface area contributed by atoms with Crippen LogP contribution in [0.4, 0.5) is 0 Å². The summed E-state index contributed by atoms with van der Waals surface area (Å²) in [7, 11) is 0. The fourth-order valence-corrected chi connectivity index (χ4v) is 3.13. The molecule has 2 heterocycles. The lowest BCUT2D eigenvalue weighted by atomic mass is 9.95. The molecule has 0 bridgehead atoms. The van der Waals surface area contributed by atoms with E-state index in [0.29, 0.717) is 17.9 Å². The molecule has 3 heteroatoms. The van der Waals surface area contributed by atoms with E-state index in [4.69, 9.17) is 0 Å². The van der Waals surface area contributed by atoms with Gasteiger partial charge in [0.1, 0.15) is 0 Å². The summed E-state index contributed by atoms with van der Waals surface area (Å²) in [4.78, 5) is 14.7. The summed E-state index contributed by atoms with van der Waals surface area (Å²) in [6, 6.07) is 0.465. The fraction of sp³-hybridized carbons (Fsp3) is 0.923. The van der Waals surface area contributed by atoms with Crippen LogP contribution in [0.5, 0.6) is 0 Å². The van der Waals surface area contributed by atoms with Gasteiger partial charge in [0, 0.05) is 12.6 Å². The van der Waals surface area contributed by atoms with Crippen molar-refractivity contribution < 1.29 is 4.79 Å². The zero-order valence-electron chi connectivity index (χ0n) is 10.8. The minimum atomic E-state index is -0.280. The van der Waals surface area contributed by atoms with Crippen LogP contribution in [-0.4, -0.2) is 35.5 Å². The molecule has 92 valence electrons. The van der Waals surface area contributed by atoms with E-state index < -0.39 is 0 Å². The van der Waals surface area contributed by atoms with Gasteiger partial charge in [-0.3, -0.25) is 4.79 Å². The minimum absolute atomic E-state index is 0.280. The van der Waals surface area contributed by atoms with E-state index in [0.717, 1.165) is 25.9 Å². The highest BCUT2D eigenvalue weighted by Gasteiger charge is 2.42. The normalized spacial score (nSPS) is 35.0. The van der Waals surface area contributed by atoms with Crippen LogP contribution < -0.4 is 5.32 Å². The lowest BCUT2D eigenvalue weighted by Crippen LogP contribution is -2.54. The molecule has 0 aromatic rings. The first kappa shape index (κ1) is 11.9. The second kappa shape index (κ2) is 4.36. The van der Waals surface area contributed by atoms with Gasteiger partial charge in [0.05, 0.1) is 5.54 Å². The van der Waals surface area contributed by atoms with Crippen molar-refractivity contribution in [3.8, 4) is 0 Å². The molecule has 1 N–H and O–H groups in total. The highest BCUT2D eigenvalue weighted by Crippen LogP contribution is 2.29. The first-order chi connectivity index (χ1) is 7.54. The van der Waals surface area contributed by atoms with Crippen molar-refractivity contribution in [3.63, 3.8) is 0 Å². The smallest absolute Gasteiger partial charge is 0.242 e. The molecule has 0 spiro atoms. The summed E-state index contributed by atoms with van der Waals surface area (Å²) in [6.45, 7) is 8.46. The number of amides is 1. The SMILES string of the molecule is CC(C)C1CCCN1C(=O)C1(C)CCCN1. The Morgan fingerprint density at radius 2 is 2.19 bits per heavy atom. The number of nitrogens with zero attached hydrogens (tertiary/aromatic N) is 1. The third-order valence-corrected chi connectivity index (χ3v) is 4.17. The molecule has 2 rings (SSSR count). The van der Waals surface area contributed by atoms with Gasteiger partial charge in [-0.25, -0.2) is 0 Å². The molecule has 0 saturated carbocycles. The van der Waals surface area contributed by atoms with Crippen LogP contribution in [-0.2, 0) is 4.79 Å². The van der Waals surface area contributed by atoms with Gasteiger partial charge in [0.25, 0.3) is 0 Å². The number of carbonyl (C=O) groups is 1. The van der Waals surface area contributed by atoms with Crippen molar-refractivity contribution in [1.82, 2.24) is 10.2 Å². The molecular formula is C13H24N2O. The summed E-state index contributed by atoms with van der Waals surface area (Å²) in [5.41, 5.74) is -0.280. The standard InChI is InChI=1S/C13H24N2O/c1-10(2)11-6-4-9-15(11)12(16)13(3)7-5-8-14-13/h10-11,14H,4-9H2,1-3H3. The van der Waals surface area contributed by atoms with Crippen molar-refractivity contribution >= 4 is 5.91 Å². The van der Waals surface area contributed by atoms with E-state index in [1.165, 1.54) is 12.8 Å². The van der Waals surface area contributed by atoms with Gasteiger partial charge in [-0.1, -0.05) is 13.8 Å². The molecule has 0 aromatic carbocycles. The van der Waals surface area contributed by atoms with Gasteiger partial charge in [0.2, 0.25) is 5.91 Å². The lowest BCUT2D eigenvalue weighted by molar-refractivity contribution is -0.138. The van der Waals surface area contributed by atoms with Crippen molar-refractivity contribution in [2.75, 3.05) is 13.1 Å². The van der Waals surface area contributed by atoms with Crippen LogP contribution in [0.1, 0.15) is 46.5 Å². The summed E-state index contributed by atoms with van der Waals surface area (Å²) in [5.74, 6) is 0.914. The summed E-state index contributed by atoms with van der Waals surface area (Å²) >= 11 is 0. The van der Waals surface area contributed by atoms with E-state index in [2.05, 4.69) is 31.0 Å². The maximum Gasteiger partial charge on any atom is 0.242 e. The second-order valence-corrected chi connectivity index (χ2v) is 5.81. The third kappa shape index (κ3) is 1.97. The van der Waals surface area contributed by atoms with Gasteiger partial charge < -0.3 is 10.2 Å². The van der Waals surface area contributed by atoms with Gasteiger partial charge in [-0.15, -0.1) is 0 Å². The minimum Gasteiger partial charge on any atom is -0.338 e. The second-order valence-electron chi connectivity index (χ2n) is 5.81. The number of carbonyl (C=O) groups excluding carboxylic acids is 1. The largest absolute Gasteiger partial charge is 0.338 e. The predicted octanol–water partition coefficient (Wildman–Crippen LogP) is 1.78. The lowest BCUT2D eigenvalue weighted by Gasteiger charge is -2.34. The van der Waals surface area contributed by atoms with Gasteiger partial charge in [0.15, 0.2) is 0 Å². The number of hydrogen-bond acceptors (Lipinski definition) is 2. The number of likely N-dealkylation sites (tertiary alicyclic amines) is 1. The number of nitrogens with one attached hydrogen (secondary N) is 1. The fourth-order valence-electron chi connectivity index (χ4n) is 3.13. The third-order valence-electron chi connectivity index (χ3n) is 4.17. The van der Waals surface area contributed by atoms with E-state index in [1.807, 2.05) is 0 Å². The van der Waals surface area contributed by atoms with Crippen LogP contribution in [0.15, 0.2) is 0 Å². The molecule has 2 saturated heterocycles. The molecule has 2 aliphatic heterocycles. The van der Waals surface area contributed by atoms with Crippen LogP contribution in [0.25, 0.3) is 0 Å². The maximum absolute atomic E-state index is 12.5. The molecule has 2 aliphatic rings. The van der Waals surface area contributed by atoms with Crippen molar-refractivity contribution in [1.29, 1.82) is 0 Å². The molecule has 3 nitrogen and oxygen atoms in total. The van der Waals surface area contributed by atoms with Gasteiger partial charge in [-0.2, -0.15) is 0 Å². The van der Waals surface area contributed by atoms with Gasteiger partial charge >= 0.3 is 0 Å². The molecule has 0 aromatic heterocycles. The molecule has 0 radical (unpaired) electrons. The van der Waals surface area contributed by atoms with Crippen molar-refractivity contribution in [2.24, 2.45) is 5.92 Å². The summed E-state index contributed by atoms with van der Waals surface area (Å²) < 4.78 is 0. The van der Waals surface area contributed by atoms with Crippen LogP contribution >= 0.6 is 0 Å². The Hall–Kier alpha value is -0.570. The number of hydrogen-bond donors (Lipinski definition) is 1. The Morgan fingerprint density at radius 1 is 1.44 bits per heavy atom. The Morgan fingerprint density at radius 3 is 2.75 bits per heavy atom. The Kier molecular flexibility index (Phi) is 3.24. The summed E-state index contributed by atoms with van der Waals surface area (Å²) in [6.07, 6.45) is 4.47. The molecule has 2 fully saturated rings. The zero-order valence-corrected chi connectivity index (χ0v) is 10.8. The van der Waals surface area contributed by atoms with Crippen molar-refractivity contribution in [3.05, 3.63) is 0 Å². The average Bonchev–Trinajstić information content (AvgIpc) is 2.85. The van der Waals surface area contributed by atoms with Crippen molar-refractivity contribution in [2.45, 2.75) is 58.0 Å².